The Balaban J connectivity index is 2.70. The van der Waals surface area contributed by atoms with Crippen LogP contribution < -0.4 is 0 Å². The molecule has 2 fully saturated rings. The highest BCUT2D eigenvalue weighted by Gasteiger charge is 2.64. The number of hydrogen-bond acceptors (Lipinski definition) is 10. The molecule has 55 heavy (non-hydrogen) atoms. The molecule has 1 heterocycles. The van der Waals surface area contributed by atoms with Gasteiger partial charge in [-0.1, -0.05) is 158 Å². The van der Waals surface area contributed by atoms with Gasteiger partial charge in [-0.05, 0) is 37.5 Å². The standard InChI is InChI=1S/C45H80O10/c1-11-19-31(20-12-2)27-35(46)50-39-40(51-36(47)28-32(21-13-3)22-14-4)42(53-38(49)30-34(25-17-7)26-18-8)44-43(54-45(9,10)55-44)41(39)52-37(48)29-33(23-15-5)24-16-6/h31-34,39-44H,11-30H2,1-10H3/t39-,40?,41+,42?,43+,44-/m0/s1. The molecule has 0 aromatic heterocycles. The molecule has 0 bridgehead atoms. The van der Waals surface area contributed by atoms with Crippen molar-refractivity contribution in [3.63, 3.8) is 0 Å². The largest absolute Gasteiger partial charge is 0.455 e. The minimum absolute atomic E-state index is 0.112. The second kappa shape index (κ2) is 25.9. The normalized spacial score (nSPS) is 23.3. The van der Waals surface area contributed by atoms with E-state index in [1.165, 1.54) is 0 Å². The van der Waals surface area contributed by atoms with Gasteiger partial charge in [-0.3, -0.25) is 19.2 Å². The van der Waals surface area contributed by atoms with Gasteiger partial charge in [0.1, 0.15) is 12.2 Å². The van der Waals surface area contributed by atoms with Gasteiger partial charge in [-0.15, -0.1) is 0 Å². The van der Waals surface area contributed by atoms with E-state index in [2.05, 4.69) is 55.4 Å². The first-order valence-electron chi connectivity index (χ1n) is 22.4. The summed E-state index contributed by atoms with van der Waals surface area (Å²) >= 11 is 0. The summed E-state index contributed by atoms with van der Waals surface area (Å²) in [6.07, 6.45) is 8.39. The molecule has 2 unspecified atom stereocenters. The number of hydrogen-bond donors (Lipinski definition) is 0. The van der Waals surface area contributed by atoms with Crippen LogP contribution in [-0.2, 0) is 47.6 Å². The van der Waals surface area contributed by atoms with Crippen molar-refractivity contribution in [3.05, 3.63) is 0 Å². The number of rotatable bonds is 28. The zero-order valence-corrected chi connectivity index (χ0v) is 36.5. The predicted molar refractivity (Wildman–Crippen MR) is 215 cm³/mol. The topological polar surface area (TPSA) is 124 Å². The third-order valence-electron chi connectivity index (χ3n) is 11.2. The van der Waals surface area contributed by atoms with Crippen LogP contribution in [0.15, 0.2) is 0 Å². The summed E-state index contributed by atoms with van der Waals surface area (Å²) < 4.78 is 38.3. The van der Waals surface area contributed by atoms with E-state index in [-0.39, 0.29) is 49.4 Å². The van der Waals surface area contributed by atoms with Crippen molar-refractivity contribution >= 4 is 23.9 Å². The molecule has 2 rings (SSSR count). The molecule has 0 aromatic rings. The van der Waals surface area contributed by atoms with Crippen LogP contribution in [0.25, 0.3) is 0 Å². The summed E-state index contributed by atoms with van der Waals surface area (Å²) in [5, 5.41) is 0. The fourth-order valence-corrected chi connectivity index (χ4v) is 9.01. The lowest BCUT2D eigenvalue weighted by atomic mass is 9.83. The molecule has 1 saturated carbocycles. The van der Waals surface area contributed by atoms with Gasteiger partial charge in [0.05, 0.1) is 0 Å². The molecule has 0 spiro atoms. The quantitative estimate of drug-likeness (QED) is 0.0560. The first kappa shape index (κ1) is 48.9. The van der Waals surface area contributed by atoms with E-state index in [0.717, 1.165) is 103 Å². The SMILES string of the molecule is CCCC(CCC)CC(=O)OC1C(OC(=O)CC(CCC)CCC)[C@H](OC(=O)CC(CCC)CCC)[C@@H](OC(=O)CC(CCC)CCC)[C@H]2OC(C)(C)O[C@@H]12. The number of carbonyl (C=O) groups excluding carboxylic acids is 4. The molecule has 0 aromatic carbocycles. The van der Waals surface area contributed by atoms with Crippen LogP contribution in [0.5, 0.6) is 0 Å². The molecule has 0 radical (unpaired) electrons. The smallest absolute Gasteiger partial charge is 0.306 e. The van der Waals surface area contributed by atoms with Crippen molar-refractivity contribution in [1.29, 1.82) is 0 Å². The molecule has 320 valence electrons. The Bertz CT molecular complexity index is 1010. The average molecular weight is 781 g/mol. The Morgan fingerprint density at radius 2 is 0.600 bits per heavy atom. The van der Waals surface area contributed by atoms with E-state index in [4.69, 9.17) is 28.4 Å². The Morgan fingerprint density at radius 1 is 0.400 bits per heavy atom. The second-order valence-electron chi connectivity index (χ2n) is 17.0. The van der Waals surface area contributed by atoms with Gasteiger partial charge in [0.25, 0.3) is 0 Å². The van der Waals surface area contributed by atoms with Crippen LogP contribution in [0.2, 0.25) is 0 Å². The number of carbonyl (C=O) groups is 4. The maximum absolute atomic E-state index is 14.0. The molecule has 6 atom stereocenters. The summed E-state index contributed by atoms with van der Waals surface area (Å²) in [6, 6.07) is 0. The highest BCUT2D eigenvalue weighted by atomic mass is 16.8. The van der Waals surface area contributed by atoms with E-state index in [1.54, 1.807) is 13.8 Å². The lowest BCUT2D eigenvalue weighted by Gasteiger charge is -2.45. The van der Waals surface area contributed by atoms with Crippen molar-refractivity contribution in [2.24, 2.45) is 23.7 Å². The van der Waals surface area contributed by atoms with Gasteiger partial charge in [-0.25, -0.2) is 0 Å². The first-order chi connectivity index (χ1) is 26.3. The lowest BCUT2D eigenvalue weighted by molar-refractivity contribution is -0.237. The summed E-state index contributed by atoms with van der Waals surface area (Å²) in [4.78, 5) is 55.7. The summed E-state index contributed by atoms with van der Waals surface area (Å²) in [6.45, 7) is 20.3. The van der Waals surface area contributed by atoms with Gasteiger partial charge in [0, 0.05) is 25.7 Å². The summed E-state index contributed by atoms with van der Waals surface area (Å²) in [5.41, 5.74) is 0. The first-order valence-corrected chi connectivity index (χ1v) is 22.4. The third kappa shape index (κ3) is 16.7. The van der Waals surface area contributed by atoms with Crippen molar-refractivity contribution < 1.29 is 47.6 Å². The highest BCUT2D eigenvalue weighted by molar-refractivity contribution is 5.73. The molecule has 10 nitrogen and oxygen atoms in total. The number of fused-ring (bicyclic) bond motifs is 1. The Labute approximate surface area is 334 Å². The van der Waals surface area contributed by atoms with Crippen LogP contribution in [0, 0.1) is 23.7 Å². The third-order valence-corrected chi connectivity index (χ3v) is 11.2. The fourth-order valence-electron chi connectivity index (χ4n) is 9.01. The molecular formula is C45H80O10. The Kier molecular flexibility index (Phi) is 23.1. The van der Waals surface area contributed by atoms with Crippen LogP contribution in [0.1, 0.15) is 198 Å². The number of esters is 4. The van der Waals surface area contributed by atoms with Gasteiger partial charge >= 0.3 is 23.9 Å². The van der Waals surface area contributed by atoms with Crippen molar-refractivity contribution in [2.75, 3.05) is 0 Å². The molecule has 1 saturated heterocycles. The molecule has 0 amide bonds. The summed E-state index contributed by atoms with van der Waals surface area (Å²) in [5.74, 6) is -2.48. The van der Waals surface area contributed by atoms with Gasteiger partial charge in [-0.2, -0.15) is 0 Å². The molecule has 2 aliphatic rings. The van der Waals surface area contributed by atoms with E-state index < -0.39 is 66.3 Å². The van der Waals surface area contributed by atoms with Crippen LogP contribution in [0.3, 0.4) is 0 Å². The van der Waals surface area contributed by atoms with Gasteiger partial charge in [0.15, 0.2) is 30.2 Å². The molecule has 10 heteroatoms. The molecular weight excluding hydrogens is 700 g/mol. The number of ether oxygens (including phenoxy) is 6. The fraction of sp³-hybridized carbons (Fsp3) is 0.911. The summed E-state index contributed by atoms with van der Waals surface area (Å²) in [7, 11) is 0. The van der Waals surface area contributed by atoms with E-state index in [1.807, 2.05) is 0 Å². The van der Waals surface area contributed by atoms with Gasteiger partial charge in [0.2, 0.25) is 0 Å². The van der Waals surface area contributed by atoms with Crippen LogP contribution in [-0.4, -0.2) is 66.3 Å². The van der Waals surface area contributed by atoms with Crippen LogP contribution in [0.4, 0.5) is 0 Å². The Morgan fingerprint density at radius 3 is 0.800 bits per heavy atom. The zero-order chi connectivity index (χ0) is 41.0. The van der Waals surface area contributed by atoms with Crippen molar-refractivity contribution in [3.8, 4) is 0 Å². The minimum atomic E-state index is -1.28. The molecule has 0 N–H and O–H groups in total. The van der Waals surface area contributed by atoms with E-state index in [9.17, 15) is 19.2 Å². The highest BCUT2D eigenvalue weighted by Crippen LogP contribution is 2.43. The monoisotopic (exact) mass is 781 g/mol. The van der Waals surface area contributed by atoms with E-state index >= 15 is 0 Å². The lowest BCUT2D eigenvalue weighted by Crippen LogP contribution is -2.66. The zero-order valence-electron chi connectivity index (χ0n) is 36.5. The van der Waals surface area contributed by atoms with Gasteiger partial charge < -0.3 is 28.4 Å². The second-order valence-corrected chi connectivity index (χ2v) is 17.0. The maximum Gasteiger partial charge on any atom is 0.306 e. The molecule has 1 aliphatic heterocycles. The maximum atomic E-state index is 14.0. The minimum Gasteiger partial charge on any atom is -0.455 e. The molecule has 1 aliphatic carbocycles. The van der Waals surface area contributed by atoms with Crippen molar-refractivity contribution in [1.82, 2.24) is 0 Å². The van der Waals surface area contributed by atoms with Crippen molar-refractivity contribution in [2.45, 2.75) is 240 Å². The van der Waals surface area contributed by atoms with E-state index in [0.29, 0.717) is 0 Å². The van der Waals surface area contributed by atoms with Crippen LogP contribution >= 0.6 is 0 Å². The average Bonchev–Trinajstić information content (AvgIpc) is 3.43. The predicted octanol–water partition coefficient (Wildman–Crippen LogP) is 10.6. The Hall–Kier alpha value is -2.20.